The second-order valence-corrected chi connectivity index (χ2v) is 6.69. The fraction of sp³-hybridized carbons (Fsp3) is 0.278. The van der Waals surface area contributed by atoms with Gasteiger partial charge in [0.25, 0.3) is 6.43 Å². The van der Waals surface area contributed by atoms with Gasteiger partial charge in [0.05, 0.1) is 23.5 Å². The zero-order valence-electron chi connectivity index (χ0n) is 17.3. The molecule has 0 radical (unpaired) electrons. The highest BCUT2D eigenvalue weighted by atomic mass is 35.5. The maximum atomic E-state index is 12.4. The van der Waals surface area contributed by atoms with Crippen molar-refractivity contribution in [2.45, 2.75) is 19.1 Å². The Morgan fingerprint density at radius 2 is 1.65 bits per heavy atom. The van der Waals surface area contributed by atoms with E-state index >= 15 is 0 Å². The van der Waals surface area contributed by atoms with Crippen LogP contribution >= 0.6 is 11.6 Å². The number of hydrogen-bond acceptors (Lipinski definition) is 8. The standard InChI is InChI=1S/C16H17ClF2N8.C2HF3O2/c1-20-14-24-15(26-16(25-14)22-8-13(18)19)21-6-10-2-4-12(5-3-10)27-9-11(17)7-23-27;3-2(4,5)1(6)7/h2-5,7,9,13H,6,8H2,1H3,(H3,20,21,22,24,25,26);(H,6,7). The third kappa shape index (κ3) is 8.65. The molecule has 0 aliphatic rings. The fourth-order valence-corrected chi connectivity index (χ4v) is 2.34. The highest BCUT2D eigenvalue weighted by molar-refractivity contribution is 6.30. The molecule has 34 heavy (non-hydrogen) atoms. The largest absolute Gasteiger partial charge is 0.490 e. The number of hydrogen-bond donors (Lipinski definition) is 4. The number of rotatable bonds is 8. The summed E-state index contributed by atoms with van der Waals surface area (Å²) in [4.78, 5) is 21.1. The number of halogens is 6. The molecular formula is C18H18ClF5N8O2. The predicted molar refractivity (Wildman–Crippen MR) is 113 cm³/mol. The van der Waals surface area contributed by atoms with Crippen molar-refractivity contribution in [1.29, 1.82) is 0 Å². The third-order valence-corrected chi connectivity index (χ3v) is 3.91. The number of alkyl halides is 5. The third-order valence-electron chi connectivity index (χ3n) is 3.72. The summed E-state index contributed by atoms with van der Waals surface area (Å²) < 4.78 is 58.1. The van der Waals surface area contributed by atoms with Crippen molar-refractivity contribution in [1.82, 2.24) is 24.7 Å². The number of carboxylic acids is 1. The van der Waals surface area contributed by atoms with Crippen molar-refractivity contribution in [3.63, 3.8) is 0 Å². The minimum absolute atomic E-state index is 0.0723. The average Bonchev–Trinajstić information content (AvgIpc) is 3.22. The van der Waals surface area contributed by atoms with E-state index in [9.17, 15) is 22.0 Å². The molecule has 3 aromatic rings. The number of aromatic nitrogens is 5. The molecule has 0 bridgehead atoms. The van der Waals surface area contributed by atoms with Gasteiger partial charge in [-0.1, -0.05) is 23.7 Å². The van der Waals surface area contributed by atoms with Crippen molar-refractivity contribution >= 4 is 35.4 Å². The number of carboxylic acid groups (broad SMARTS) is 1. The quantitative estimate of drug-likeness (QED) is 0.337. The van der Waals surface area contributed by atoms with E-state index in [0.29, 0.717) is 11.6 Å². The topological polar surface area (TPSA) is 130 Å². The second-order valence-electron chi connectivity index (χ2n) is 6.25. The van der Waals surface area contributed by atoms with E-state index in [1.54, 1.807) is 24.1 Å². The van der Waals surface area contributed by atoms with Gasteiger partial charge in [0, 0.05) is 19.8 Å². The Hall–Kier alpha value is -3.75. The summed E-state index contributed by atoms with van der Waals surface area (Å²) >= 11 is 5.87. The predicted octanol–water partition coefficient (Wildman–Crippen LogP) is 3.67. The monoisotopic (exact) mass is 508 g/mol. The van der Waals surface area contributed by atoms with E-state index in [0.717, 1.165) is 11.3 Å². The molecule has 0 amide bonds. The van der Waals surface area contributed by atoms with Crippen molar-refractivity contribution in [2.24, 2.45) is 0 Å². The van der Waals surface area contributed by atoms with E-state index in [1.165, 1.54) is 0 Å². The summed E-state index contributed by atoms with van der Waals surface area (Å²) in [6, 6.07) is 7.66. The Morgan fingerprint density at radius 3 is 2.12 bits per heavy atom. The van der Waals surface area contributed by atoms with Crippen LogP contribution in [0.1, 0.15) is 5.56 Å². The summed E-state index contributed by atoms with van der Waals surface area (Å²) in [7, 11) is 1.64. The van der Waals surface area contributed by atoms with Gasteiger partial charge < -0.3 is 21.1 Å². The minimum Gasteiger partial charge on any atom is -0.475 e. The van der Waals surface area contributed by atoms with Crippen LogP contribution in [0.2, 0.25) is 5.02 Å². The molecule has 184 valence electrons. The number of nitrogens with one attached hydrogen (secondary N) is 3. The smallest absolute Gasteiger partial charge is 0.475 e. The fourth-order valence-electron chi connectivity index (χ4n) is 2.20. The molecule has 4 N–H and O–H groups in total. The number of anilines is 3. The molecule has 10 nitrogen and oxygen atoms in total. The number of aliphatic carboxylic acids is 1. The Labute approximate surface area is 194 Å². The van der Waals surface area contributed by atoms with E-state index in [2.05, 4.69) is 36.0 Å². The first-order valence-electron chi connectivity index (χ1n) is 9.27. The normalized spacial score (nSPS) is 10.9. The van der Waals surface area contributed by atoms with Gasteiger partial charge in [0.1, 0.15) is 0 Å². The van der Waals surface area contributed by atoms with Gasteiger partial charge in [0.15, 0.2) is 0 Å². The lowest BCUT2D eigenvalue weighted by atomic mass is 10.2. The van der Waals surface area contributed by atoms with Crippen molar-refractivity contribution < 1.29 is 31.9 Å². The highest BCUT2D eigenvalue weighted by Crippen LogP contribution is 2.15. The molecule has 0 aliphatic heterocycles. The molecule has 16 heteroatoms. The van der Waals surface area contributed by atoms with Gasteiger partial charge in [-0.3, -0.25) is 0 Å². The molecule has 0 saturated heterocycles. The van der Waals surface area contributed by atoms with Gasteiger partial charge in [0.2, 0.25) is 17.8 Å². The van der Waals surface area contributed by atoms with Crippen molar-refractivity contribution in [3.8, 4) is 5.69 Å². The molecule has 0 aliphatic carbocycles. The summed E-state index contributed by atoms with van der Waals surface area (Å²) in [6.45, 7) is -0.0902. The summed E-state index contributed by atoms with van der Waals surface area (Å²) in [5, 5.41) is 20.1. The van der Waals surface area contributed by atoms with E-state index < -0.39 is 25.1 Å². The summed E-state index contributed by atoms with van der Waals surface area (Å²) in [5.41, 5.74) is 1.85. The lowest BCUT2D eigenvalue weighted by Crippen LogP contribution is -2.21. The zero-order valence-corrected chi connectivity index (χ0v) is 18.1. The first-order chi connectivity index (χ1) is 16.0. The molecule has 0 unspecified atom stereocenters. The van der Waals surface area contributed by atoms with E-state index in [1.807, 2.05) is 24.3 Å². The summed E-state index contributed by atoms with van der Waals surface area (Å²) in [6.07, 6.45) is -4.30. The highest BCUT2D eigenvalue weighted by Gasteiger charge is 2.38. The van der Waals surface area contributed by atoms with Crippen LogP contribution in [0.4, 0.5) is 39.8 Å². The SMILES string of the molecule is CNc1nc(NCc2ccc(-n3cc(Cl)cn3)cc2)nc(NCC(F)F)n1.O=C(O)C(F)(F)F. The van der Waals surface area contributed by atoms with Crippen LogP contribution in [0.15, 0.2) is 36.7 Å². The van der Waals surface area contributed by atoms with Crippen LogP contribution in [-0.2, 0) is 11.3 Å². The Morgan fingerprint density at radius 1 is 1.09 bits per heavy atom. The Kier molecular flexibility index (Phi) is 9.29. The molecule has 3 rings (SSSR count). The number of carbonyl (C=O) groups is 1. The lowest BCUT2D eigenvalue weighted by molar-refractivity contribution is -0.192. The van der Waals surface area contributed by atoms with Gasteiger partial charge in [-0.2, -0.15) is 33.2 Å². The van der Waals surface area contributed by atoms with E-state index in [-0.39, 0.29) is 17.8 Å². The lowest BCUT2D eigenvalue weighted by Gasteiger charge is -2.10. The Bertz CT molecular complexity index is 1080. The second kappa shape index (κ2) is 11.9. The molecule has 2 heterocycles. The van der Waals surface area contributed by atoms with Gasteiger partial charge >= 0.3 is 12.1 Å². The Balaban J connectivity index is 0.000000509. The van der Waals surface area contributed by atoms with Crippen molar-refractivity contribution in [2.75, 3.05) is 29.5 Å². The minimum atomic E-state index is -5.08. The van der Waals surface area contributed by atoms with Crippen LogP contribution in [0.3, 0.4) is 0 Å². The first kappa shape index (κ1) is 26.5. The molecule has 0 fully saturated rings. The van der Waals surface area contributed by atoms with Crippen LogP contribution in [0.25, 0.3) is 5.69 Å². The molecule has 0 spiro atoms. The molecule has 0 saturated carbocycles. The van der Waals surface area contributed by atoms with Crippen LogP contribution in [0.5, 0.6) is 0 Å². The van der Waals surface area contributed by atoms with Crippen LogP contribution in [-0.4, -0.2) is 62.0 Å². The van der Waals surface area contributed by atoms with Gasteiger partial charge in [-0.05, 0) is 17.7 Å². The van der Waals surface area contributed by atoms with Gasteiger partial charge in [-0.15, -0.1) is 0 Å². The molecule has 2 aromatic heterocycles. The van der Waals surface area contributed by atoms with Gasteiger partial charge in [-0.25, -0.2) is 18.3 Å². The number of nitrogens with zero attached hydrogens (tertiary/aromatic N) is 5. The molecular weight excluding hydrogens is 491 g/mol. The molecule has 1 aromatic carbocycles. The first-order valence-corrected chi connectivity index (χ1v) is 9.65. The van der Waals surface area contributed by atoms with E-state index in [4.69, 9.17) is 21.5 Å². The molecule has 0 atom stereocenters. The van der Waals surface area contributed by atoms with Crippen LogP contribution in [0, 0.1) is 0 Å². The average molecular weight is 509 g/mol. The maximum absolute atomic E-state index is 12.4. The number of benzene rings is 1. The summed E-state index contributed by atoms with van der Waals surface area (Å²) in [5.74, 6) is -2.14. The van der Waals surface area contributed by atoms with Crippen molar-refractivity contribution in [3.05, 3.63) is 47.2 Å². The zero-order chi connectivity index (χ0) is 25.3. The van der Waals surface area contributed by atoms with Crippen LogP contribution < -0.4 is 16.0 Å². The maximum Gasteiger partial charge on any atom is 0.490 e.